The monoisotopic (exact) mass is 546 g/mol. The fraction of sp³-hybridized carbons (Fsp3) is 0.240. The number of aromatic nitrogens is 1. The van der Waals surface area contributed by atoms with E-state index in [4.69, 9.17) is 18.6 Å². The summed E-state index contributed by atoms with van der Waals surface area (Å²) in [6, 6.07) is 11.7. The van der Waals surface area contributed by atoms with E-state index in [1.807, 2.05) is 66.8 Å². The SMILES string of the molecule is CCN1C(=CC=CC=Cc2oc3cc(OC)ccc3[n+]2CC)Oc2cc(OC)ccc21.[I-]. The summed E-state index contributed by atoms with van der Waals surface area (Å²) in [5.41, 5.74) is 2.89. The number of methoxy groups -OCH3 is 2. The quantitative estimate of drug-likeness (QED) is 0.258. The number of hydrogen-bond acceptors (Lipinski definition) is 5. The number of nitrogens with zero attached hydrogens (tertiary/aromatic N) is 2. The van der Waals surface area contributed by atoms with Crippen LogP contribution in [0.15, 0.2) is 71.0 Å². The first-order valence-corrected chi connectivity index (χ1v) is 10.4. The molecule has 0 saturated carbocycles. The lowest BCUT2D eigenvalue weighted by Gasteiger charge is -2.14. The number of hydrogen-bond donors (Lipinski definition) is 0. The molecular formula is C25H27IN2O4. The Morgan fingerprint density at radius 1 is 0.969 bits per heavy atom. The molecule has 6 nitrogen and oxygen atoms in total. The zero-order chi connectivity index (χ0) is 21.8. The van der Waals surface area contributed by atoms with Crippen molar-refractivity contribution >= 4 is 22.9 Å². The highest BCUT2D eigenvalue weighted by molar-refractivity contribution is 5.72. The van der Waals surface area contributed by atoms with Crippen LogP contribution in [-0.2, 0) is 6.54 Å². The molecule has 0 unspecified atom stereocenters. The molecular weight excluding hydrogens is 519 g/mol. The first-order valence-electron chi connectivity index (χ1n) is 10.4. The van der Waals surface area contributed by atoms with Gasteiger partial charge in [0, 0.05) is 24.7 Å². The second-order valence-corrected chi connectivity index (χ2v) is 6.95. The Balaban J connectivity index is 0.00000289. The lowest BCUT2D eigenvalue weighted by Crippen LogP contribution is -3.00. The molecule has 3 aromatic rings. The van der Waals surface area contributed by atoms with Crippen LogP contribution >= 0.6 is 0 Å². The molecule has 0 radical (unpaired) electrons. The average molecular weight is 546 g/mol. The summed E-state index contributed by atoms with van der Waals surface area (Å²) in [6.45, 7) is 5.82. The van der Waals surface area contributed by atoms with Crippen molar-refractivity contribution in [1.29, 1.82) is 0 Å². The maximum absolute atomic E-state index is 6.01. The Hall–Kier alpha value is -2.94. The highest BCUT2D eigenvalue weighted by Crippen LogP contribution is 2.40. The Morgan fingerprint density at radius 2 is 1.72 bits per heavy atom. The van der Waals surface area contributed by atoms with Gasteiger partial charge in [-0.2, -0.15) is 4.57 Å². The molecule has 0 amide bonds. The molecule has 32 heavy (non-hydrogen) atoms. The molecule has 1 aromatic heterocycles. The molecule has 0 N–H and O–H groups in total. The van der Waals surface area contributed by atoms with Crippen LogP contribution in [0.3, 0.4) is 0 Å². The van der Waals surface area contributed by atoms with E-state index >= 15 is 0 Å². The number of aryl methyl sites for hydroxylation is 1. The van der Waals surface area contributed by atoms with Crippen LogP contribution in [0.25, 0.3) is 17.2 Å². The van der Waals surface area contributed by atoms with E-state index in [-0.39, 0.29) is 24.0 Å². The molecule has 2 aromatic carbocycles. The van der Waals surface area contributed by atoms with Gasteiger partial charge in [0.05, 0.1) is 26.0 Å². The predicted octanol–water partition coefficient (Wildman–Crippen LogP) is 2.09. The smallest absolute Gasteiger partial charge is 0.374 e. The van der Waals surface area contributed by atoms with Gasteiger partial charge in [-0.1, -0.05) is 18.2 Å². The molecule has 1 aliphatic heterocycles. The van der Waals surface area contributed by atoms with E-state index in [9.17, 15) is 0 Å². The topological polar surface area (TPSA) is 48.0 Å². The number of benzene rings is 2. The van der Waals surface area contributed by atoms with Crippen LogP contribution in [0.4, 0.5) is 5.69 Å². The summed E-state index contributed by atoms with van der Waals surface area (Å²) in [7, 11) is 3.31. The minimum Gasteiger partial charge on any atom is -1.00 e. The fourth-order valence-corrected chi connectivity index (χ4v) is 3.67. The maximum Gasteiger partial charge on any atom is 0.374 e. The van der Waals surface area contributed by atoms with E-state index in [0.717, 1.165) is 58.9 Å². The molecule has 168 valence electrons. The Morgan fingerprint density at radius 3 is 2.44 bits per heavy atom. The van der Waals surface area contributed by atoms with E-state index in [1.165, 1.54) is 0 Å². The second-order valence-electron chi connectivity index (χ2n) is 6.95. The Labute approximate surface area is 205 Å². The van der Waals surface area contributed by atoms with Crippen LogP contribution < -0.4 is 47.7 Å². The highest BCUT2D eigenvalue weighted by atomic mass is 127. The minimum atomic E-state index is 0. The molecule has 0 atom stereocenters. The molecule has 1 aliphatic rings. The summed E-state index contributed by atoms with van der Waals surface area (Å²) in [6.07, 6.45) is 9.79. The van der Waals surface area contributed by atoms with Gasteiger partial charge in [0.2, 0.25) is 11.5 Å². The summed E-state index contributed by atoms with van der Waals surface area (Å²) in [5.74, 6) is 3.94. The molecule has 0 fully saturated rings. The third-order valence-electron chi connectivity index (χ3n) is 5.21. The second kappa shape index (κ2) is 10.6. The van der Waals surface area contributed by atoms with Gasteiger partial charge < -0.3 is 47.5 Å². The Kier molecular flexibility index (Phi) is 7.84. The van der Waals surface area contributed by atoms with Crippen molar-refractivity contribution in [3.63, 3.8) is 0 Å². The number of oxazole rings is 1. The normalized spacial score (nSPS) is 14.2. The van der Waals surface area contributed by atoms with E-state index in [0.29, 0.717) is 0 Å². The van der Waals surface area contributed by atoms with Crippen LogP contribution in [-0.4, -0.2) is 20.8 Å². The summed E-state index contributed by atoms with van der Waals surface area (Å²) in [4.78, 5) is 2.13. The molecule has 7 heteroatoms. The molecule has 0 spiro atoms. The van der Waals surface area contributed by atoms with E-state index in [2.05, 4.69) is 23.3 Å². The van der Waals surface area contributed by atoms with Gasteiger partial charge in [0.25, 0.3) is 5.52 Å². The minimum absolute atomic E-state index is 0. The van der Waals surface area contributed by atoms with Gasteiger partial charge in [-0.3, -0.25) is 0 Å². The van der Waals surface area contributed by atoms with E-state index < -0.39 is 0 Å². The van der Waals surface area contributed by atoms with Gasteiger partial charge >= 0.3 is 5.89 Å². The standard InChI is InChI=1S/C25H27N2O4.HI/c1-5-26-20-14-12-18(28-3)16-22(20)30-24(26)10-8-7-9-11-25-27(6-2)21-15-13-19(29-4)17-23(21)31-25;/h7-17H,5-6H2,1-4H3;1H/q+1;/p-1. The lowest BCUT2D eigenvalue weighted by molar-refractivity contribution is -0.674. The molecule has 0 aliphatic carbocycles. The molecule has 4 rings (SSSR count). The van der Waals surface area contributed by atoms with Gasteiger partial charge in [0.1, 0.15) is 18.0 Å². The molecule has 0 bridgehead atoms. The first kappa shape index (κ1) is 23.7. The third-order valence-corrected chi connectivity index (χ3v) is 5.21. The largest absolute Gasteiger partial charge is 1.00 e. The summed E-state index contributed by atoms with van der Waals surface area (Å²) >= 11 is 0. The van der Waals surface area contributed by atoms with Gasteiger partial charge in [-0.15, -0.1) is 0 Å². The van der Waals surface area contributed by atoms with Crippen molar-refractivity contribution in [2.45, 2.75) is 20.4 Å². The predicted molar refractivity (Wildman–Crippen MR) is 122 cm³/mol. The van der Waals surface area contributed by atoms with Crippen LogP contribution in [0.5, 0.6) is 17.2 Å². The number of rotatable bonds is 7. The number of halogens is 1. The highest BCUT2D eigenvalue weighted by Gasteiger charge is 2.25. The number of ether oxygens (including phenoxy) is 3. The zero-order valence-corrected chi connectivity index (χ0v) is 20.8. The van der Waals surface area contributed by atoms with Crippen molar-refractivity contribution in [2.75, 3.05) is 25.7 Å². The number of anilines is 1. The fourth-order valence-electron chi connectivity index (χ4n) is 3.67. The summed E-state index contributed by atoms with van der Waals surface area (Å²) in [5, 5.41) is 0. The Bertz CT molecular complexity index is 1180. The zero-order valence-electron chi connectivity index (χ0n) is 18.7. The van der Waals surface area contributed by atoms with Crippen molar-refractivity contribution in [2.24, 2.45) is 0 Å². The lowest BCUT2D eigenvalue weighted by atomic mass is 10.2. The van der Waals surface area contributed by atoms with Gasteiger partial charge in [0.15, 0.2) is 5.75 Å². The van der Waals surface area contributed by atoms with Crippen molar-refractivity contribution in [1.82, 2.24) is 0 Å². The average Bonchev–Trinajstić information content (AvgIpc) is 3.34. The van der Waals surface area contributed by atoms with E-state index in [1.54, 1.807) is 14.2 Å². The van der Waals surface area contributed by atoms with Crippen molar-refractivity contribution < 1.29 is 47.2 Å². The first-order chi connectivity index (χ1) is 15.2. The van der Waals surface area contributed by atoms with Gasteiger partial charge in [-0.25, -0.2) is 0 Å². The van der Waals surface area contributed by atoms with Crippen LogP contribution in [0.2, 0.25) is 0 Å². The van der Waals surface area contributed by atoms with Crippen molar-refractivity contribution in [3.05, 3.63) is 72.5 Å². The third kappa shape index (κ3) is 4.62. The number of allylic oxidation sites excluding steroid dienone is 4. The summed E-state index contributed by atoms with van der Waals surface area (Å²) < 4.78 is 24.7. The van der Waals surface area contributed by atoms with Crippen molar-refractivity contribution in [3.8, 4) is 17.2 Å². The molecule has 2 heterocycles. The van der Waals surface area contributed by atoms with Gasteiger partial charge in [-0.05, 0) is 38.1 Å². The number of fused-ring (bicyclic) bond motifs is 2. The maximum atomic E-state index is 6.01. The van der Waals surface area contributed by atoms with Crippen LogP contribution in [0.1, 0.15) is 19.7 Å². The molecule has 0 saturated heterocycles. The van der Waals surface area contributed by atoms with Crippen LogP contribution in [0, 0.1) is 0 Å².